The molecule has 0 bridgehead atoms. The Bertz CT molecular complexity index is 434. The summed E-state index contributed by atoms with van der Waals surface area (Å²) < 4.78 is 50.1. The molecule has 0 radical (unpaired) electrons. The molecule has 0 aromatic heterocycles. The first kappa shape index (κ1) is 16.1. The van der Waals surface area contributed by atoms with Crippen LogP contribution in [-0.4, -0.2) is 29.7 Å². The number of alkyl halides is 3. The van der Waals surface area contributed by atoms with E-state index in [1.54, 1.807) is 6.92 Å². The number of aryl methyl sites for hydroxylation is 1. The highest BCUT2D eigenvalue weighted by molar-refractivity contribution is 7.99. The van der Waals surface area contributed by atoms with Gasteiger partial charge in [0.1, 0.15) is 5.82 Å². The van der Waals surface area contributed by atoms with Crippen LogP contribution >= 0.6 is 11.8 Å². The van der Waals surface area contributed by atoms with Gasteiger partial charge in [-0.15, -0.1) is 11.8 Å². The first-order valence-corrected chi connectivity index (χ1v) is 6.59. The van der Waals surface area contributed by atoms with E-state index in [1.807, 2.05) is 0 Å². The normalized spacial score (nSPS) is 13.4. The van der Waals surface area contributed by atoms with Crippen LogP contribution in [0.5, 0.6) is 0 Å². The molecule has 19 heavy (non-hydrogen) atoms. The third-order valence-corrected chi connectivity index (χ3v) is 3.47. The predicted octanol–water partition coefficient (Wildman–Crippen LogP) is 3.58. The Morgan fingerprint density at radius 3 is 2.53 bits per heavy atom. The monoisotopic (exact) mass is 297 g/mol. The maximum atomic E-state index is 13.6. The Kier molecular flexibility index (Phi) is 5.49. The lowest BCUT2D eigenvalue weighted by atomic mass is 10.2. The molecule has 2 nitrogen and oxygen atoms in total. The van der Waals surface area contributed by atoms with Gasteiger partial charge in [-0.1, -0.05) is 0 Å². The van der Waals surface area contributed by atoms with E-state index < -0.39 is 23.9 Å². The summed E-state index contributed by atoms with van der Waals surface area (Å²) in [6.45, 7) is 3.21. The van der Waals surface area contributed by atoms with Gasteiger partial charge in [-0.3, -0.25) is 0 Å². The van der Waals surface area contributed by atoms with E-state index in [4.69, 9.17) is 5.11 Å². The average Bonchev–Trinajstić information content (AvgIpc) is 2.25. The molecule has 1 aromatic carbocycles. The van der Waals surface area contributed by atoms with Crippen LogP contribution < -0.4 is 5.32 Å². The maximum absolute atomic E-state index is 13.6. The SMILES string of the molecule is Cc1cc(F)c(NC[C@H](C)O)cc1SCC(F)(F)F. The largest absolute Gasteiger partial charge is 0.398 e. The minimum Gasteiger partial charge on any atom is -0.392 e. The van der Waals surface area contributed by atoms with Gasteiger partial charge < -0.3 is 10.4 Å². The van der Waals surface area contributed by atoms with Crippen molar-refractivity contribution in [3.05, 3.63) is 23.5 Å². The van der Waals surface area contributed by atoms with Gasteiger partial charge in [0, 0.05) is 11.4 Å². The molecule has 0 unspecified atom stereocenters. The first-order chi connectivity index (χ1) is 8.69. The van der Waals surface area contributed by atoms with E-state index in [1.165, 1.54) is 19.1 Å². The smallest absolute Gasteiger partial charge is 0.392 e. The molecule has 1 aromatic rings. The second kappa shape index (κ2) is 6.47. The number of rotatable bonds is 5. The lowest BCUT2D eigenvalue weighted by molar-refractivity contribution is -0.105. The van der Waals surface area contributed by atoms with E-state index in [9.17, 15) is 17.6 Å². The lowest BCUT2D eigenvalue weighted by Crippen LogP contribution is -2.16. The fraction of sp³-hybridized carbons (Fsp3) is 0.500. The minimum absolute atomic E-state index is 0.0937. The van der Waals surface area contributed by atoms with Gasteiger partial charge in [0.2, 0.25) is 0 Å². The number of thioether (sulfide) groups is 1. The number of hydrogen-bond donors (Lipinski definition) is 2. The van der Waals surface area contributed by atoms with Crippen LogP contribution in [-0.2, 0) is 0 Å². The van der Waals surface area contributed by atoms with Crippen molar-refractivity contribution in [3.8, 4) is 0 Å². The molecule has 0 saturated heterocycles. The van der Waals surface area contributed by atoms with Crippen molar-refractivity contribution in [1.29, 1.82) is 0 Å². The van der Waals surface area contributed by atoms with E-state index in [-0.39, 0.29) is 12.2 Å². The van der Waals surface area contributed by atoms with E-state index >= 15 is 0 Å². The molecule has 0 spiro atoms. The molecule has 7 heteroatoms. The summed E-state index contributed by atoms with van der Waals surface area (Å²) in [5.41, 5.74) is 0.547. The van der Waals surface area contributed by atoms with Gasteiger partial charge in [0.15, 0.2) is 0 Å². The number of nitrogens with one attached hydrogen (secondary N) is 1. The molecule has 0 fully saturated rings. The molecule has 0 aliphatic carbocycles. The fourth-order valence-electron chi connectivity index (χ4n) is 1.36. The highest BCUT2D eigenvalue weighted by Gasteiger charge is 2.27. The Labute approximate surface area is 113 Å². The molecule has 0 amide bonds. The zero-order chi connectivity index (χ0) is 14.6. The zero-order valence-electron chi connectivity index (χ0n) is 10.5. The van der Waals surface area contributed by atoms with Gasteiger partial charge in [-0.25, -0.2) is 4.39 Å². The Morgan fingerprint density at radius 2 is 2.00 bits per heavy atom. The van der Waals surface area contributed by atoms with Crippen LogP contribution in [0.2, 0.25) is 0 Å². The summed E-state index contributed by atoms with van der Waals surface area (Å²) in [7, 11) is 0. The van der Waals surface area contributed by atoms with Gasteiger partial charge >= 0.3 is 6.18 Å². The van der Waals surface area contributed by atoms with E-state index in [2.05, 4.69) is 5.32 Å². The predicted molar refractivity (Wildman–Crippen MR) is 68.1 cm³/mol. The summed E-state index contributed by atoms with van der Waals surface area (Å²) in [4.78, 5) is 0.367. The number of hydrogen-bond acceptors (Lipinski definition) is 3. The Morgan fingerprint density at radius 1 is 1.37 bits per heavy atom. The Hall–Kier alpha value is -0.950. The summed E-state index contributed by atoms with van der Waals surface area (Å²) >= 11 is 0.617. The van der Waals surface area contributed by atoms with Crippen LogP contribution in [0.4, 0.5) is 23.2 Å². The molecule has 108 valence electrons. The van der Waals surface area contributed by atoms with Gasteiger partial charge in [0.05, 0.1) is 17.5 Å². The van der Waals surface area contributed by atoms with Crippen molar-refractivity contribution >= 4 is 17.4 Å². The second-order valence-corrected chi connectivity index (χ2v) is 5.25. The molecular formula is C12H15F4NOS. The number of halogens is 4. The quantitative estimate of drug-likeness (QED) is 0.643. The van der Waals surface area contributed by atoms with Crippen LogP contribution in [0.25, 0.3) is 0 Å². The van der Waals surface area contributed by atoms with Crippen molar-refractivity contribution in [2.45, 2.75) is 31.0 Å². The van der Waals surface area contributed by atoms with Gasteiger partial charge in [0.25, 0.3) is 0 Å². The van der Waals surface area contributed by atoms with Gasteiger partial charge in [-0.05, 0) is 31.5 Å². The van der Waals surface area contributed by atoms with Crippen LogP contribution in [0, 0.1) is 12.7 Å². The standard InChI is InChI=1S/C12H15F4NOS/c1-7-3-9(13)10(17-5-8(2)18)4-11(7)19-6-12(14,15)16/h3-4,8,17-18H,5-6H2,1-2H3/t8-/m0/s1. The van der Waals surface area contributed by atoms with Crippen molar-refractivity contribution in [3.63, 3.8) is 0 Å². The average molecular weight is 297 g/mol. The number of aliphatic hydroxyl groups is 1. The molecule has 0 heterocycles. The summed E-state index contributed by atoms with van der Waals surface area (Å²) in [5, 5.41) is 11.8. The molecule has 1 atom stereocenters. The van der Waals surface area contributed by atoms with Gasteiger partial charge in [-0.2, -0.15) is 13.2 Å². The molecule has 2 N–H and O–H groups in total. The number of aliphatic hydroxyl groups excluding tert-OH is 1. The second-order valence-electron chi connectivity index (χ2n) is 4.23. The highest BCUT2D eigenvalue weighted by atomic mass is 32.2. The van der Waals surface area contributed by atoms with Crippen LogP contribution in [0.3, 0.4) is 0 Å². The Balaban J connectivity index is 2.83. The van der Waals surface area contributed by atoms with E-state index in [0.717, 1.165) is 0 Å². The van der Waals surface area contributed by atoms with Crippen molar-refractivity contribution in [1.82, 2.24) is 0 Å². The fourth-order valence-corrected chi connectivity index (χ4v) is 2.17. The topological polar surface area (TPSA) is 32.3 Å². The lowest BCUT2D eigenvalue weighted by Gasteiger charge is -2.13. The molecule has 0 aliphatic rings. The molecular weight excluding hydrogens is 282 g/mol. The van der Waals surface area contributed by atoms with Crippen molar-refractivity contribution in [2.24, 2.45) is 0 Å². The molecule has 1 rings (SSSR count). The molecule has 0 aliphatic heterocycles. The first-order valence-electron chi connectivity index (χ1n) is 5.60. The third kappa shape index (κ3) is 5.69. The zero-order valence-corrected chi connectivity index (χ0v) is 11.3. The highest BCUT2D eigenvalue weighted by Crippen LogP contribution is 2.32. The summed E-state index contributed by atoms with van der Waals surface area (Å²) in [6.07, 6.45) is -4.94. The number of benzene rings is 1. The minimum atomic E-state index is -4.27. The van der Waals surface area contributed by atoms with Crippen LogP contribution in [0.15, 0.2) is 17.0 Å². The van der Waals surface area contributed by atoms with Crippen molar-refractivity contribution in [2.75, 3.05) is 17.6 Å². The summed E-state index contributed by atoms with van der Waals surface area (Å²) in [6, 6.07) is 2.52. The van der Waals surface area contributed by atoms with Crippen LogP contribution in [0.1, 0.15) is 12.5 Å². The maximum Gasteiger partial charge on any atom is 0.398 e. The van der Waals surface area contributed by atoms with E-state index in [0.29, 0.717) is 22.2 Å². The number of anilines is 1. The van der Waals surface area contributed by atoms with Crippen molar-refractivity contribution < 1.29 is 22.7 Å². The molecule has 0 saturated carbocycles. The third-order valence-electron chi connectivity index (χ3n) is 2.24. The summed E-state index contributed by atoms with van der Waals surface area (Å²) in [5.74, 6) is -1.57.